The van der Waals surface area contributed by atoms with Crippen LogP contribution < -0.4 is 14.5 Å². The Labute approximate surface area is 144 Å². The fourth-order valence-electron chi connectivity index (χ4n) is 3.10. The smallest absolute Gasteiger partial charge is 0.224 e. The van der Waals surface area contributed by atoms with Crippen LogP contribution in [0.2, 0.25) is 0 Å². The molecule has 4 rings (SSSR count). The quantitative estimate of drug-likeness (QED) is 0.721. The molecule has 7 nitrogen and oxygen atoms in total. The first-order chi connectivity index (χ1) is 12.3. The molecule has 0 atom stereocenters. The first-order valence-corrected chi connectivity index (χ1v) is 8.00. The molecule has 25 heavy (non-hydrogen) atoms. The number of hydrogen-bond donors (Lipinski definition) is 0. The zero-order chi connectivity index (χ0) is 17.2. The maximum atomic E-state index is 13.8. The third-order valence-electron chi connectivity index (χ3n) is 4.37. The molecule has 1 aliphatic rings. The van der Waals surface area contributed by atoms with Gasteiger partial charge in [0.1, 0.15) is 12.7 Å². The Morgan fingerprint density at radius 1 is 1.00 bits per heavy atom. The Morgan fingerprint density at radius 2 is 1.80 bits per heavy atom. The molecule has 128 valence electrons. The molecule has 0 bridgehead atoms. The number of rotatable bonds is 3. The van der Waals surface area contributed by atoms with Crippen molar-refractivity contribution in [2.45, 2.75) is 0 Å². The molecule has 1 fully saturated rings. The van der Waals surface area contributed by atoms with Gasteiger partial charge in [-0.05, 0) is 18.2 Å². The van der Waals surface area contributed by atoms with E-state index >= 15 is 0 Å². The van der Waals surface area contributed by atoms with Crippen LogP contribution in [0.5, 0.6) is 5.88 Å². The molecule has 0 radical (unpaired) electrons. The molecular weight excluding hydrogens is 323 g/mol. The molecule has 3 aromatic rings. The van der Waals surface area contributed by atoms with E-state index < -0.39 is 0 Å². The van der Waals surface area contributed by atoms with E-state index in [9.17, 15) is 4.39 Å². The third kappa shape index (κ3) is 2.90. The highest BCUT2D eigenvalue weighted by Gasteiger charge is 2.21. The second-order valence-corrected chi connectivity index (χ2v) is 5.75. The van der Waals surface area contributed by atoms with E-state index in [1.807, 2.05) is 23.1 Å². The summed E-state index contributed by atoms with van der Waals surface area (Å²) in [4.78, 5) is 20.4. The first kappa shape index (κ1) is 15.5. The number of nitrogens with zero attached hydrogens (tertiary/aromatic N) is 6. The summed E-state index contributed by atoms with van der Waals surface area (Å²) in [5.41, 5.74) is 1.92. The molecule has 1 saturated heterocycles. The number of ether oxygens (including phenoxy) is 1. The predicted molar refractivity (Wildman–Crippen MR) is 92.5 cm³/mol. The average Bonchev–Trinajstić information content (AvgIpc) is 2.67. The highest BCUT2D eigenvalue weighted by molar-refractivity contribution is 5.86. The Hall–Kier alpha value is -3.03. The van der Waals surface area contributed by atoms with Crippen molar-refractivity contribution in [2.24, 2.45) is 0 Å². The summed E-state index contributed by atoms with van der Waals surface area (Å²) < 4.78 is 19.2. The highest BCUT2D eigenvalue weighted by atomic mass is 19.1. The number of halogens is 1. The van der Waals surface area contributed by atoms with Crippen molar-refractivity contribution in [1.29, 1.82) is 0 Å². The summed E-state index contributed by atoms with van der Waals surface area (Å²) in [7, 11) is 1.60. The van der Waals surface area contributed by atoms with Crippen LogP contribution in [0.15, 0.2) is 37.1 Å². The molecule has 0 unspecified atom stereocenters. The van der Waals surface area contributed by atoms with E-state index in [0.29, 0.717) is 24.8 Å². The van der Waals surface area contributed by atoms with Gasteiger partial charge < -0.3 is 14.5 Å². The lowest BCUT2D eigenvalue weighted by Gasteiger charge is -2.36. The van der Waals surface area contributed by atoms with Crippen molar-refractivity contribution in [3.8, 4) is 5.88 Å². The van der Waals surface area contributed by atoms with Crippen molar-refractivity contribution in [1.82, 2.24) is 19.9 Å². The van der Waals surface area contributed by atoms with Gasteiger partial charge in [-0.15, -0.1) is 0 Å². The minimum Gasteiger partial charge on any atom is -0.480 e. The zero-order valence-corrected chi connectivity index (χ0v) is 13.8. The summed E-state index contributed by atoms with van der Waals surface area (Å²) in [6.45, 7) is 2.92. The van der Waals surface area contributed by atoms with Crippen LogP contribution in [0.3, 0.4) is 0 Å². The number of piperazine rings is 1. The summed E-state index contributed by atoms with van der Waals surface area (Å²) >= 11 is 0. The van der Waals surface area contributed by atoms with E-state index in [4.69, 9.17) is 4.74 Å². The average molecular weight is 340 g/mol. The Balaban J connectivity index is 1.55. The Morgan fingerprint density at radius 3 is 2.56 bits per heavy atom. The van der Waals surface area contributed by atoms with Gasteiger partial charge >= 0.3 is 0 Å². The lowest BCUT2D eigenvalue weighted by molar-refractivity contribution is 0.402. The summed E-state index contributed by atoms with van der Waals surface area (Å²) in [5, 5.41) is 0.881. The number of hydrogen-bond acceptors (Lipinski definition) is 7. The highest BCUT2D eigenvalue weighted by Crippen LogP contribution is 2.27. The second kappa shape index (κ2) is 6.46. The van der Waals surface area contributed by atoms with Gasteiger partial charge in [-0.3, -0.25) is 0 Å². The van der Waals surface area contributed by atoms with Gasteiger partial charge in [0.05, 0.1) is 24.2 Å². The van der Waals surface area contributed by atoms with Crippen LogP contribution in [-0.2, 0) is 0 Å². The van der Waals surface area contributed by atoms with Crippen molar-refractivity contribution < 1.29 is 9.13 Å². The summed E-state index contributed by atoms with van der Waals surface area (Å²) in [6, 6.07) is 6.04. The van der Waals surface area contributed by atoms with Crippen molar-refractivity contribution in [3.05, 3.63) is 42.9 Å². The minimum atomic E-state index is -0.386. The van der Waals surface area contributed by atoms with Crippen LogP contribution in [-0.4, -0.2) is 53.2 Å². The molecule has 0 aliphatic carbocycles. The first-order valence-electron chi connectivity index (χ1n) is 8.00. The van der Waals surface area contributed by atoms with Gasteiger partial charge in [0.15, 0.2) is 11.6 Å². The fraction of sp³-hybridized carbons (Fsp3) is 0.294. The second-order valence-electron chi connectivity index (χ2n) is 5.75. The third-order valence-corrected chi connectivity index (χ3v) is 4.37. The van der Waals surface area contributed by atoms with Gasteiger partial charge in [0.25, 0.3) is 0 Å². The van der Waals surface area contributed by atoms with E-state index in [0.717, 1.165) is 29.7 Å². The van der Waals surface area contributed by atoms with Crippen LogP contribution in [0.25, 0.3) is 10.9 Å². The molecule has 0 N–H and O–H groups in total. The van der Waals surface area contributed by atoms with Crippen molar-refractivity contribution in [3.63, 3.8) is 0 Å². The molecular formula is C17H17FN6O. The van der Waals surface area contributed by atoms with E-state index in [2.05, 4.69) is 24.8 Å². The number of aromatic nitrogens is 4. The Bertz CT molecular complexity index is 897. The van der Waals surface area contributed by atoms with Crippen LogP contribution >= 0.6 is 0 Å². The van der Waals surface area contributed by atoms with Crippen LogP contribution in [0.1, 0.15) is 0 Å². The fourth-order valence-corrected chi connectivity index (χ4v) is 3.10. The topological polar surface area (TPSA) is 67.3 Å². The summed E-state index contributed by atoms with van der Waals surface area (Å²) in [5.74, 6) is 0.542. The van der Waals surface area contributed by atoms with Gasteiger partial charge in [-0.2, -0.15) is 0 Å². The Kier molecular flexibility index (Phi) is 4.01. The molecule has 0 spiro atoms. The predicted octanol–water partition coefficient (Wildman–Crippen LogP) is 1.89. The van der Waals surface area contributed by atoms with Crippen LogP contribution in [0, 0.1) is 5.82 Å². The molecule has 0 amide bonds. The SMILES string of the molecule is COc1ncnc2ccc(N3CCN(c4ncncc4F)CC3)cc12. The van der Waals surface area contributed by atoms with E-state index in [1.54, 1.807) is 7.11 Å². The normalized spacial score (nSPS) is 14.8. The lowest BCUT2D eigenvalue weighted by atomic mass is 10.2. The standard InChI is InChI=1S/C17H17FN6O/c1-25-17-13-8-12(2-3-15(13)20-11-22-17)23-4-6-24(7-5-23)16-14(18)9-19-10-21-16/h2-3,8-11H,4-7H2,1H3. The molecule has 1 aromatic carbocycles. The van der Waals surface area contributed by atoms with Gasteiger partial charge in [0, 0.05) is 31.9 Å². The number of methoxy groups -OCH3 is 1. The van der Waals surface area contributed by atoms with Gasteiger partial charge in [0.2, 0.25) is 5.88 Å². The molecule has 1 aliphatic heterocycles. The zero-order valence-electron chi connectivity index (χ0n) is 13.8. The molecule has 8 heteroatoms. The molecule has 2 aromatic heterocycles. The van der Waals surface area contributed by atoms with E-state index in [-0.39, 0.29) is 5.82 Å². The molecule has 3 heterocycles. The maximum Gasteiger partial charge on any atom is 0.224 e. The number of benzene rings is 1. The van der Waals surface area contributed by atoms with Crippen LogP contribution in [0.4, 0.5) is 15.9 Å². The van der Waals surface area contributed by atoms with E-state index in [1.165, 1.54) is 18.9 Å². The number of fused-ring (bicyclic) bond motifs is 1. The summed E-state index contributed by atoms with van der Waals surface area (Å²) in [6.07, 6.45) is 4.07. The van der Waals surface area contributed by atoms with Gasteiger partial charge in [-0.25, -0.2) is 24.3 Å². The van der Waals surface area contributed by atoms with Crippen molar-refractivity contribution in [2.75, 3.05) is 43.1 Å². The minimum absolute atomic E-state index is 0.364. The largest absolute Gasteiger partial charge is 0.480 e. The monoisotopic (exact) mass is 340 g/mol. The lowest BCUT2D eigenvalue weighted by Crippen LogP contribution is -2.47. The molecule has 0 saturated carbocycles. The number of anilines is 2. The van der Waals surface area contributed by atoms with Crippen molar-refractivity contribution >= 4 is 22.4 Å². The maximum absolute atomic E-state index is 13.8. The van der Waals surface area contributed by atoms with Gasteiger partial charge in [-0.1, -0.05) is 0 Å².